The number of fused-ring (bicyclic) bond motifs is 1. The highest BCUT2D eigenvalue weighted by Crippen LogP contribution is 2.18. The summed E-state index contributed by atoms with van der Waals surface area (Å²) in [6, 6.07) is 11.7. The lowest BCUT2D eigenvalue weighted by atomic mass is 10.0. The number of amidine groups is 1. The Hall–Kier alpha value is -2.36. The zero-order valence-electron chi connectivity index (χ0n) is 10.8. The Morgan fingerprint density at radius 2 is 2.00 bits per heavy atom. The quantitative estimate of drug-likeness (QED) is 0.487. The van der Waals surface area contributed by atoms with Gasteiger partial charge in [-0.05, 0) is 35.4 Å². The van der Waals surface area contributed by atoms with E-state index in [1.165, 1.54) is 0 Å². The second-order valence-corrected chi connectivity index (χ2v) is 4.42. The van der Waals surface area contributed by atoms with Gasteiger partial charge < -0.3 is 10.6 Å². The molecule has 0 bridgehead atoms. The van der Waals surface area contributed by atoms with Gasteiger partial charge in [0.25, 0.3) is 0 Å². The van der Waals surface area contributed by atoms with Crippen LogP contribution in [0.1, 0.15) is 18.1 Å². The molecule has 19 heavy (non-hydrogen) atoms. The summed E-state index contributed by atoms with van der Waals surface area (Å²) < 4.78 is 0. The zero-order chi connectivity index (χ0) is 13.8. The molecule has 0 saturated carbocycles. The van der Waals surface area contributed by atoms with Gasteiger partial charge in [0, 0.05) is 18.7 Å². The highest BCUT2D eigenvalue weighted by Gasteiger charge is 2.04. The Labute approximate surface area is 112 Å². The Balaban J connectivity index is 2.37. The van der Waals surface area contributed by atoms with Gasteiger partial charge in [-0.3, -0.25) is 10.2 Å². The predicted molar refractivity (Wildman–Crippen MR) is 76.7 cm³/mol. The molecule has 0 spiro atoms. The minimum absolute atomic E-state index is 0.0590. The third-order valence-corrected chi connectivity index (χ3v) is 3.10. The largest absolute Gasteiger partial charge is 0.384 e. The number of hydrogen-bond acceptors (Lipinski definition) is 2. The molecule has 0 heterocycles. The fraction of sp³-hybridized carbons (Fsp3) is 0.200. The predicted octanol–water partition coefficient (Wildman–Crippen LogP) is 2.01. The average Bonchev–Trinajstić information content (AvgIpc) is 2.43. The van der Waals surface area contributed by atoms with E-state index in [-0.39, 0.29) is 5.84 Å². The van der Waals surface area contributed by atoms with Crippen LogP contribution < -0.4 is 5.73 Å². The molecule has 0 atom stereocenters. The molecule has 0 aliphatic rings. The molecule has 0 aliphatic carbocycles. The Morgan fingerprint density at radius 3 is 2.63 bits per heavy atom. The molecular weight excluding hydrogens is 238 g/mol. The van der Waals surface area contributed by atoms with E-state index in [1.807, 2.05) is 49.7 Å². The molecule has 1 radical (unpaired) electrons. The molecule has 2 rings (SSSR count). The molecule has 4 heteroatoms. The number of rotatable bonds is 5. The van der Waals surface area contributed by atoms with Gasteiger partial charge in [-0.15, -0.1) is 0 Å². The van der Waals surface area contributed by atoms with Gasteiger partial charge in [0.15, 0.2) is 0 Å². The summed E-state index contributed by atoms with van der Waals surface area (Å²) in [6.07, 6.45) is 1.91. The van der Waals surface area contributed by atoms with Gasteiger partial charge in [-0.1, -0.05) is 24.3 Å². The summed E-state index contributed by atoms with van der Waals surface area (Å²) in [5, 5.41) is 9.57. The smallest absolute Gasteiger partial charge is 0.312 e. The van der Waals surface area contributed by atoms with Crippen LogP contribution in [0.25, 0.3) is 10.8 Å². The first kappa shape index (κ1) is 13.1. The van der Waals surface area contributed by atoms with Crippen molar-refractivity contribution < 1.29 is 4.79 Å². The van der Waals surface area contributed by atoms with E-state index in [0.717, 1.165) is 16.3 Å². The van der Waals surface area contributed by atoms with Gasteiger partial charge in [-0.2, -0.15) is 0 Å². The monoisotopic (exact) mass is 254 g/mol. The first-order valence-electron chi connectivity index (χ1n) is 6.14. The molecule has 0 saturated heterocycles. The van der Waals surface area contributed by atoms with Gasteiger partial charge >= 0.3 is 6.41 Å². The summed E-state index contributed by atoms with van der Waals surface area (Å²) >= 11 is 0. The molecule has 3 N–H and O–H groups in total. The molecule has 0 fully saturated rings. The van der Waals surface area contributed by atoms with Crippen molar-refractivity contribution in [3.8, 4) is 0 Å². The van der Waals surface area contributed by atoms with Crippen molar-refractivity contribution in [2.75, 3.05) is 6.54 Å². The fourth-order valence-corrected chi connectivity index (χ4v) is 1.99. The fourth-order valence-electron chi connectivity index (χ4n) is 1.99. The average molecular weight is 254 g/mol. The van der Waals surface area contributed by atoms with Crippen molar-refractivity contribution in [2.45, 2.75) is 13.5 Å². The van der Waals surface area contributed by atoms with Crippen LogP contribution in [0.5, 0.6) is 0 Å². The molecule has 4 nitrogen and oxygen atoms in total. The van der Waals surface area contributed by atoms with Crippen LogP contribution in [0.2, 0.25) is 0 Å². The lowest BCUT2D eigenvalue weighted by molar-refractivity contribution is 0.389. The maximum absolute atomic E-state index is 10.7. The number of nitrogens with one attached hydrogen (secondary N) is 1. The molecular formula is C15H16N3O. The second-order valence-electron chi connectivity index (χ2n) is 4.42. The lowest BCUT2D eigenvalue weighted by Crippen LogP contribution is -2.20. The number of benzene rings is 2. The third-order valence-electron chi connectivity index (χ3n) is 3.10. The van der Waals surface area contributed by atoms with Crippen LogP contribution in [0.3, 0.4) is 0 Å². The highest BCUT2D eigenvalue weighted by molar-refractivity contribution is 5.99. The standard InChI is InChI=1S/C15H16N3O/c1-2-18(10-19)9-11-3-4-12-5-6-13(15(16)17)8-14(12)7-11/h3-8H,2,9H2,1H3,(H3,16,17). The van der Waals surface area contributed by atoms with Crippen LogP contribution in [-0.4, -0.2) is 23.7 Å². The van der Waals surface area contributed by atoms with Crippen LogP contribution >= 0.6 is 0 Å². The minimum atomic E-state index is 0.0590. The van der Waals surface area contributed by atoms with E-state index < -0.39 is 0 Å². The van der Waals surface area contributed by atoms with Gasteiger partial charge in [-0.25, -0.2) is 0 Å². The van der Waals surface area contributed by atoms with Gasteiger partial charge in [0.2, 0.25) is 0 Å². The normalized spacial score (nSPS) is 10.4. The minimum Gasteiger partial charge on any atom is -0.384 e. The topological polar surface area (TPSA) is 70.2 Å². The maximum atomic E-state index is 10.7. The number of amides is 1. The van der Waals surface area contributed by atoms with E-state index in [4.69, 9.17) is 11.1 Å². The number of carbonyl (C=O) groups excluding carboxylic acids is 1. The van der Waals surface area contributed by atoms with E-state index >= 15 is 0 Å². The van der Waals surface area contributed by atoms with Crippen molar-refractivity contribution in [2.24, 2.45) is 5.73 Å². The van der Waals surface area contributed by atoms with Crippen LogP contribution in [0.15, 0.2) is 36.4 Å². The summed E-state index contributed by atoms with van der Waals surface area (Å²) in [5.74, 6) is 0.0590. The summed E-state index contributed by atoms with van der Waals surface area (Å²) in [4.78, 5) is 12.3. The Kier molecular flexibility index (Phi) is 3.80. The first-order chi connectivity index (χ1) is 9.13. The summed E-state index contributed by atoms with van der Waals surface area (Å²) in [6.45, 7) is 3.09. The lowest BCUT2D eigenvalue weighted by Gasteiger charge is -2.14. The maximum Gasteiger partial charge on any atom is 0.312 e. The van der Waals surface area contributed by atoms with E-state index in [0.29, 0.717) is 18.7 Å². The van der Waals surface area contributed by atoms with Crippen LogP contribution in [0, 0.1) is 5.41 Å². The van der Waals surface area contributed by atoms with E-state index in [9.17, 15) is 4.79 Å². The highest BCUT2D eigenvalue weighted by atomic mass is 16.1. The zero-order valence-corrected chi connectivity index (χ0v) is 10.8. The number of hydrogen-bond donors (Lipinski definition) is 2. The van der Waals surface area contributed by atoms with Crippen molar-refractivity contribution in [1.29, 1.82) is 5.41 Å². The molecule has 0 aromatic heterocycles. The first-order valence-corrected chi connectivity index (χ1v) is 6.14. The van der Waals surface area contributed by atoms with Crippen LogP contribution in [0.4, 0.5) is 0 Å². The Morgan fingerprint density at radius 1 is 1.26 bits per heavy atom. The van der Waals surface area contributed by atoms with Crippen molar-refractivity contribution in [3.05, 3.63) is 47.5 Å². The second kappa shape index (κ2) is 5.52. The number of nitrogens with two attached hydrogens (primary N) is 1. The SMILES string of the molecule is CCN([C]=O)Cc1ccc2ccc(C(=N)N)cc2c1. The molecule has 0 unspecified atom stereocenters. The van der Waals surface area contributed by atoms with E-state index in [2.05, 4.69) is 0 Å². The van der Waals surface area contributed by atoms with Gasteiger partial charge in [0.05, 0.1) is 0 Å². The summed E-state index contributed by atoms with van der Waals surface area (Å²) in [7, 11) is 0. The molecule has 0 aliphatic heterocycles. The Bertz CT molecular complexity index is 622. The molecule has 1 amide bonds. The molecule has 2 aromatic carbocycles. The van der Waals surface area contributed by atoms with Crippen molar-refractivity contribution in [1.82, 2.24) is 4.90 Å². The molecule has 2 aromatic rings. The van der Waals surface area contributed by atoms with Crippen LogP contribution in [-0.2, 0) is 11.3 Å². The van der Waals surface area contributed by atoms with Crippen molar-refractivity contribution in [3.63, 3.8) is 0 Å². The molecule has 97 valence electrons. The third kappa shape index (κ3) is 2.91. The summed E-state index contributed by atoms with van der Waals surface area (Å²) in [5.41, 5.74) is 7.24. The van der Waals surface area contributed by atoms with E-state index in [1.54, 1.807) is 4.90 Å². The number of nitrogens with zero attached hydrogens (tertiary/aromatic N) is 1. The number of nitrogen functional groups attached to an aromatic ring is 1. The van der Waals surface area contributed by atoms with Crippen molar-refractivity contribution >= 4 is 23.0 Å². The van der Waals surface area contributed by atoms with Gasteiger partial charge in [0.1, 0.15) is 5.84 Å².